The molecule has 1 N–H and O–H groups in total. The van der Waals surface area contributed by atoms with Crippen LogP contribution in [0.2, 0.25) is 0 Å². The summed E-state index contributed by atoms with van der Waals surface area (Å²) in [5.74, 6) is -0.515. The Morgan fingerprint density at radius 3 is 2.55 bits per heavy atom. The first-order valence-electron chi connectivity index (χ1n) is 6.40. The molecule has 0 rings (SSSR count). The molecule has 0 fully saturated rings. The van der Waals surface area contributed by atoms with E-state index in [0.717, 1.165) is 18.4 Å². The number of methoxy groups -OCH3 is 1. The fourth-order valence-corrected chi connectivity index (χ4v) is 1.34. The predicted octanol–water partition coefficient (Wildman–Crippen LogP) is 2.74. The van der Waals surface area contributed by atoms with E-state index in [1.165, 1.54) is 12.7 Å². The molecular weight excluding hydrogens is 258 g/mol. The maximum atomic E-state index is 11.2. The topological polar surface area (TPSA) is 64.6 Å². The highest BCUT2D eigenvalue weighted by atomic mass is 16.6. The van der Waals surface area contributed by atoms with Crippen LogP contribution in [-0.2, 0) is 14.3 Å². The number of rotatable bonds is 8. The Morgan fingerprint density at radius 1 is 1.25 bits per heavy atom. The molecule has 0 unspecified atom stereocenters. The second-order valence-electron chi connectivity index (χ2n) is 4.34. The highest BCUT2D eigenvalue weighted by Gasteiger charge is 2.05. The fourth-order valence-electron chi connectivity index (χ4n) is 1.34. The third kappa shape index (κ3) is 9.94. The van der Waals surface area contributed by atoms with Crippen molar-refractivity contribution in [3.8, 4) is 0 Å². The van der Waals surface area contributed by atoms with Crippen molar-refractivity contribution < 1.29 is 19.1 Å². The zero-order chi connectivity index (χ0) is 15.4. The summed E-state index contributed by atoms with van der Waals surface area (Å²) < 4.78 is 9.34. The summed E-state index contributed by atoms with van der Waals surface area (Å²) in [4.78, 5) is 22.0. The molecule has 112 valence electrons. The maximum absolute atomic E-state index is 11.2. The van der Waals surface area contributed by atoms with Gasteiger partial charge in [-0.05, 0) is 32.3 Å². The summed E-state index contributed by atoms with van der Waals surface area (Å²) in [6.45, 7) is 7.59. The van der Waals surface area contributed by atoms with E-state index in [2.05, 4.69) is 16.6 Å². The second kappa shape index (κ2) is 10.8. The number of amides is 1. The van der Waals surface area contributed by atoms with E-state index in [1.54, 1.807) is 6.08 Å². The van der Waals surface area contributed by atoms with Gasteiger partial charge in [0, 0.05) is 0 Å². The van der Waals surface area contributed by atoms with Gasteiger partial charge in [0.2, 0.25) is 0 Å². The zero-order valence-electron chi connectivity index (χ0n) is 12.4. The molecule has 5 heteroatoms. The van der Waals surface area contributed by atoms with Crippen LogP contribution in [0.15, 0.2) is 36.0 Å². The standard InChI is InChI=1S/C15H23NO4/c1-5-7-12(2)8-6-9-13(3)11-20-15(18)16-10-14(17)19-4/h5,7,9H,1,6,8,10-11H2,2-4H3,(H,16,18). The van der Waals surface area contributed by atoms with E-state index in [-0.39, 0.29) is 13.2 Å². The molecular formula is C15H23NO4. The average Bonchev–Trinajstić information content (AvgIpc) is 2.42. The lowest BCUT2D eigenvalue weighted by Crippen LogP contribution is -2.30. The molecule has 0 atom stereocenters. The van der Waals surface area contributed by atoms with Crippen molar-refractivity contribution in [3.63, 3.8) is 0 Å². The van der Waals surface area contributed by atoms with Crippen LogP contribution in [0, 0.1) is 0 Å². The van der Waals surface area contributed by atoms with Crippen molar-refractivity contribution in [2.75, 3.05) is 20.3 Å². The van der Waals surface area contributed by atoms with Gasteiger partial charge < -0.3 is 14.8 Å². The van der Waals surface area contributed by atoms with Gasteiger partial charge in [0.15, 0.2) is 0 Å². The molecule has 0 aromatic rings. The number of carbonyl (C=O) groups excluding carboxylic acids is 2. The van der Waals surface area contributed by atoms with Crippen molar-refractivity contribution in [2.24, 2.45) is 0 Å². The molecule has 0 heterocycles. The lowest BCUT2D eigenvalue weighted by Gasteiger charge is -2.06. The van der Waals surface area contributed by atoms with Gasteiger partial charge in [0.25, 0.3) is 0 Å². The Hall–Kier alpha value is -2.04. The molecule has 0 radical (unpaired) electrons. The van der Waals surface area contributed by atoms with Crippen LogP contribution in [0.5, 0.6) is 0 Å². The number of carbonyl (C=O) groups is 2. The van der Waals surface area contributed by atoms with Gasteiger partial charge >= 0.3 is 12.1 Å². The van der Waals surface area contributed by atoms with Crippen LogP contribution in [-0.4, -0.2) is 32.3 Å². The number of alkyl carbamates (subject to hydrolysis) is 1. The highest BCUT2D eigenvalue weighted by molar-refractivity contribution is 5.77. The minimum Gasteiger partial charge on any atom is -0.468 e. The lowest BCUT2D eigenvalue weighted by atomic mass is 10.1. The number of esters is 1. The SMILES string of the molecule is C=CC=C(C)CCC=C(C)COC(=O)NCC(=O)OC. The summed E-state index contributed by atoms with van der Waals surface area (Å²) in [5, 5.41) is 2.30. The van der Waals surface area contributed by atoms with E-state index in [1.807, 2.05) is 26.0 Å². The average molecular weight is 281 g/mol. The Balaban J connectivity index is 3.88. The first kappa shape index (κ1) is 18.0. The van der Waals surface area contributed by atoms with Gasteiger partial charge in [-0.25, -0.2) is 4.79 Å². The van der Waals surface area contributed by atoms with Crippen LogP contribution < -0.4 is 5.32 Å². The van der Waals surface area contributed by atoms with E-state index in [4.69, 9.17) is 4.74 Å². The molecule has 0 bridgehead atoms. The quantitative estimate of drug-likeness (QED) is 0.422. The van der Waals surface area contributed by atoms with Crippen molar-refractivity contribution in [3.05, 3.63) is 36.0 Å². The van der Waals surface area contributed by atoms with Crippen LogP contribution in [0.3, 0.4) is 0 Å². The normalized spacial score (nSPS) is 11.8. The summed E-state index contributed by atoms with van der Waals surface area (Å²) >= 11 is 0. The van der Waals surface area contributed by atoms with Crippen LogP contribution in [0.1, 0.15) is 26.7 Å². The fraction of sp³-hybridized carbons (Fsp3) is 0.467. The summed E-state index contributed by atoms with van der Waals surface area (Å²) in [6, 6.07) is 0. The number of allylic oxidation sites excluding steroid dienone is 4. The van der Waals surface area contributed by atoms with Crippen LogP contribution in [0.25, 0.3) is 0 Å². The first-order valence-corrected chi connectivity index (χ1v) is 6.40. The molecule has 0 saturated carbocycles. The van der Waals surface area contributed by atoms with Crippen molar-refractivity contribution in [1.29, 1.82) is 0 Å². The second-order valence-corrected chi connectivity index (χ2v) is 4.34. The largest absolute Gasteiger partial charge is 0.468 e. The molecule has 5 nitrogen and oxygen atoms in total. The Labute approximate surface area is 120 Å². The molecule has 0 aliphatic heterocycles. The molecule has 1 amide bonds. The van der Waals surface area contributed by atoms with Gasteiger partial charge in [0.1, 0.15) is 13.2 Å². The smallest absolute Gasteiger partial charge is 0.407 e. The third-order valence-electron chi connectivity index (χ3n) is 2.47. The molecule has 0 aromatic heterocycles. The number of nitrogens with one attached hydrogen (secondary N) is 1. The van der Waals surface area contributed by atoms with Gasteiger partial charge in [-0.15, -0.1) is 0 Å². The summed E-state index contributed by atoms with van der Waals surface area (Å²) in [7, 11) is 1.25. The highest BCUT2D eigenvalue weighted by Crippen LogP contribution is 2.07. The minimum absolute atomic E-state index is 0.191. The van der Waals surface area contributed by atoms with E-state index in [9.17, 15) is 9.59 Å². The molecule has 0 aromatic carbocycles. The number of hydrogen-bond donors (Lipinski definition) is 1. The molecule has 0 aliphatic carbocycles. The zero-order valence-corrected chi connectivity index (χ0v) is 12.4. The van der Waals surface area contributed by atoms with Crippen LogP contribution >= 0.6 is 0 Å². The van der Waals surface area contributed by atoms with E-state index < -0.39 is 12.1 Å². The van der Waals surface area contributed by atoms with Crippen LogP contribution in [0.4, 0.5) is 4.79 Å². The van der Waals surface area contributed by atoms with Crippen molar-refractivity contribution >= 4 is 12.1 Å². The molecule has 0 aliphatic rings. The Kier molecular flexibility index (Phi) is 9.74. The monoisotopic (exact) mass is 281 g/mol. The molecule has 0 spiro atoms. The van der Waals surface area contributed by atoms with Gasteiger partial charge in [-0.1, -0.05) is 30.4 Å². The van der Waals surface area contributed by atoms with E-state index >= 15 is 0 Å². The van der Waals surface area contributed by atoms with E-state index in [0.29, 0.717) is 0 Å². The number of hydrogen-bond acceptors (Lipinski definition) is 4. The maximum Gasteiger partial charge on any atom is 0.407 e. The molecule has 20 heavy (non-hydrogen) atoms. The summed E-state index contributed by atoms with van der Waals surface area (Å²) in [5.41, 5.74) is 2.21. The summed E-state index contributed by atoms with van der Waals surface area (Å²) in [6.07, 6.45) is 6.95. The number of ether oxygens (including phenoxy) is 2. The van der Waals surface area contributed by atoms with Crippen molar-refractivity contribution in [2.45, 2.75) is 26.7 Å². The van der Waals surface area contributed by atoms with Crippen molar-refractivity contribution in [1.82, 2.24) is 5.32 Å². The van der Waals surface area contributed by atoms with Gasteiger partial charge in [0.05, 0.1) is 7.11 Å². The molecule has 0 saturated heterocycles. The van der Waals surface area contributed by atoms with Gasteiger partial charge in [-0.3, -0.25) is 4.79 Å². The Bertz CT molecular complexity index is 397. The Morgan fingerprint density at radius 2 is 1.95 bits per heavy atom. The first-order chi connectivity index (χ1) is 9.49. The third-order valence-corrected chi connectivity index (χ3v) is 2.47. The minimum atomic E-state index is -0.633. The predicted molar refractivity (Wildman–Crippen MR) is 78.3 cm³/mol. The lowest BCUT2D eigenvalue weighted by molar-refractivity contribution is -0.139. The van der Waals surface area contributed by atoms with Gasteiger partial charge in [-0.2, -0.15) is 0 Å².